The van der Waals surface area contributed by atoms with Crippen molar-refractivity contribution in [1.29, 1.82) is 0 Å². The zero-order chi connectivity index (χ0) is 26.7. The van der Waals surface area contributed by atoms with E-state index in [1.807, 2.05) is 13.8 Å². The third-order valence-electron chi connectivity index (χ3n) is 4.55. The van der Waals surface area contributed by atoms with Crippen LogP contribution in [0, 0.1) is 16.0 Å². The topological polar surface area (TPSA) is 163 Å². The summed E-state index contributed by atoms with van der Waals surface area (Å²) in [6.07, 6.45) is -0.502. The second-order valence-corrected chi connectivity index (χ2v) is 7.97. The molecule has 2 amide bonds. The van der Waals surface area contributed by atoms with E-state index in [9.17, 15) is 29.3 Å². The van der Waals surface area contributed by atoms with E-state index in [0.717, 1.165) is 0 Å². The van der Waals surface area contributed by atoms with Crippen molar-refractivity contribution in [3.63, 3.8) is 0 Å². The number of esters is 2. The van der Waals surface area contributed by atoms with Crippen LogP contribution in [0.3, 0.4) is 0 Å². The van der Waals surface area contributed by atoms with Crippen LogP contribution >= 0.6 is 0 Å². The van der Waals surface area contributed by atoms with Crippen LogP contribution in [0.25, 0.3) is 0 Å². The van der Waals surface area contributed by atoms with Crippen LogP contribution in [-0.2, 0) is 23.9 Å². The van der Waals surface area contributed by atoms with Crippen molar-refractivity contribution in [3.05, 3.63) is 58.1 Å². The monoisotopic (exact) mass is 501 g/mol. The van der Waals surface area contributed by atoms with Gasteiger partial charge < -0.3 is 24.8 Å². The van der Waals surface area contributed by atoms with Gasteiger partial charge in [0, 0.05) is 24.2 Å². The Kier molecular flexibility index (Phi) is 10.3. The van der Waals surface area contributed by atoms with Crippen molar-refractivity contribution >= 4 is 40.8 Å². The van der Waals surface area contributed by atoms with Gasteiger partial charge in [-0.05, 0) is 36.2 Å². The van der Waals surface area contributed by atoms with Crippen LogP contribution in [-0.4, -0.2) is 49.0 Å². The van der Waals surface area contributed by atoms with Gasteiger partial charge in [0.05, 0.1) is 30.6 Å². The van der Waals surface area contributed by atoms with Gasteiger partial charge in [-0.15, -0.1) is 0 Å². The van der Waals surface area contributed by atoms with E-state index in [1.165, 1.54) is 49.6 Å². The number of nitrogens with one attached hydrogen (secondary N) is 2. The van der Waals surface area contributed by atoms with Crippen LogP contribution in [0.1, 0.15) is 37.0 Å². The van der Waals surface area contributed by atoms with Gasteiger partial charge in [-0.25, -0.2) is 4.79 Å². The molecule has 0 saturated heterocycles. The molecular weight excluding hydrogens is 474 g/mol. The Bertz CT molecular complexity index is 1110. The van der Waals surface area contributed by atoms with Crippen LogP contribution in [0.15, 0.2) is 42.5 Å². The summed E-state index contributed by atoms with van der Waals surface area (Å²) in [5.41, 5.74) is 0.300. The number of methoxy groups -OCH3 is 1. The maximum absolute atomic E-state index is 12.1. The largest absolute Gasteiger partial charge is 0.497 e. The Hall–Kier alpha value is -4.48. The lowest BCUT2D eigenvalue weighted by Gasteiger charge is -2.09. The molecule has 0 aliphatic heterocycles. The molecule has 2 aromatic rings. The lowest BCUT2D eigenvalue weighted by Crippen LogP contribution is -2.22. The Balaban J connectivity index is 1.77. The first-order valence-electron chi connectivity index (χ1n) is 10.9. The molecule has 0 fully saturated rings. The maximum Gasteiger partial charge on any atom is 0.338 e. The highest BCUT2D eigenvalue weighted by atomic mass is 16.6. The van der Waals surface area contributed by atoms with Crippen molar-refractivity contribution in [2.45, 2.75) is 26.7 Å². The standard InChI is InChI=1S/C24H27N3O9/c1-15(2)13-36-24(31)16-4-6-17(7-5-16)25-21(28)10-11-23(30)35-14-22(29)26-19-12-18(34-3)8-9-20(19)27(32)33/h4-9,12,15H,10-11,13-14H2,1-3H3,(H,25,28)(H,26,29). The lowest BCUT2D eigenvalue weighted by molar-refractivity contribution is -0.383. The number of ether oxygens (including phenoxy) is 3. The number of nitrogens with zero attached hydrogens (tertiary/aromatic N) is 1. The van der Waals surface area contributed by atoms with E-state index >= 15 is 0 Å². The first kappa shape index (κ1) is 27.8. The van der Waals surface area contributed by atoms with Crippen molar-refractivity contribution in [2.75, 3.05) is 31.0 Å². The van der Waals surface area contributed by atoms with Crippen LogP contribution in [0.4, 0.5) is 17.1 Å². The van der Waals surface area contributed by atoms with Gasteiger partial charge >= 0.3 is 11.9 Å². The molecule has 0 spiro atoms. The molecule has 2 rings (SSSR count). The first-order valence-corrected chi connectivity index (χ1v) is 10.9. The average molecular weight is 501 g/mol. The highest BCUT2D eigenvalue weighted by Gasteiger charge is 2.18. The molecule has 0 heterocycles. The second kappa shape index (κ2) is 13.4. The van der Waals surface area contributed by atoms with Crippen molar-refractivity contribution in [3.8, 4) is 5.75 Å². The van der Waals surface area contributed by atoms with Gasteiger partial charge in [-0.1, -0.05) is 13.8 Å². The number of rotatable bonds is 12. The SMILES string of the molecule is COc1ccc([N+](=O)[O-])c(NC(=O)COC(=O)CCC(=O)Nc2ccc(C(=O)OCC(C)C)cc2)c1. The molecule has 12 nitrogen and oxygen atoms in total. The summed E-state index contributed by atoms with van der Waals surface area (Å²) >= 11 is 0. The van der Waals surface area contributed by atoms with Crippen LogP contribution in [0.5, 0.6) is 5.75 Å². The molecule has 0 bridgehead atoms. The first-order chi connectivity index (χ1) is 17.1. The molecule has 0 aliphatic carbocycles. The molecule has 0 radical (unpaired) electrons. The summed E-state index contributed by atoms with van der Waals surface area (Å²) < 4.78 is 14.9. The molecule has 0 saturated carbocycles. The van der Waals surface area contributed by atoms with E-state index < -0.39 is 35.3 Å². The van der Waals surface area contributed by atoms with Crippen LogP contribution < -0.4 is 15.4 Å². The minimum absolute atomic E-state index is 0.112. The molecule has 0 aliphatic rings. The lowest BCUT2D eigenvalue weighted by atomic mass is 10.2. The fourth-order valence-electron chi connectivity index (χ4n) is 2.76. The number of hydrogen-bond acceptors (Lipinski definition) is 9. The third kappa shape index (κ3) is 9.05. The number of hydrogen-bond donors (Lipinski definition) is 2. The van der Waals surface area contributed by atoms with Crippen molar-refractivity contribution in [2.24, 2.45) is 5.92 Å². The molecule has 0 atom stereocenters. The number of carbonyl (C=O) groups is 4. The molecule has 12 heteroatoms. The second-order valence-electron chi connectivity index (χ2n) is 7.97. The zero-order valence-electron chi connectivity index (χ0n) is 20.1. The van der Waals surface area contributed by atoms with Crippen LogP contribution in [0.2, 0.25) is 0 Å². The maximum atomic E-state index is 12.1. The Morgan fingerprint density at radius 1 is 0.944 bits per heavy atom. The Morgan fingerprint density at radius 3 is 2.25 bits per heavy atom. The van der Waals surface area contributed by atoms with E-state index in [2.05, 4.69) is 10.6 Å². The number of carbonyl (C=O) groups excluding carboxylic acids is 4. The normalized spacial score (nSPS) is 10.3. The smallest absolute Gasteiger partial charge is 0.338 e. The summed E-state index contributed by atoms with van der Waals surface area (Å²) in [5.74, 6) is -2.03. The molecule has 2 aromatic carbocycles. The fourth-order valence-corrected chi connectivity index (χ4v) is 2.76. The molecule has 2 N–H and O–H groups in total. The summed E-state index contributed by atoms with van der Waals surface area (Å²) in [6.45, 7) is 3.46. The van der Waals surface area contributed by atoms with E-state index in [1.54, 1.807) is 0 Å². The number of nitro benzene ring substituents is 1. The quantitative estimate of drug-likeness (QED) is 0.252. The number of amides is 2. The van der Waals surface area contributed by atoms with Crippen molar-refractivity contribution in [1.82, 2.24) is 0 Å². The molecular formula is C24H27N3O9. The molecule has 0 aromatic heterocycles. The van der Waals surface area contributed by atoms with E-state index in [0.29, 0.717) is 23.6 Å². The van der Waals surface area contributed by atoms with E-state index in [-0.39, 0.29) is 30.1 Å². The predicted molar refractivity (Wildman–Crippen MR) is 129 cm³/mol. The summed E-state index contributed by atoms with van der Waals surface area (Å²) in [5, 5.41) is 16.0. The average Bonchev–Trinajstić information content (AvgIpc) is 2.84. The van der Waals surface area contributed by atoms with Gasteiger partial charge in [0.15, 0.2) is 6.61 Å². The summed E-state index contributed by atoms with van der Waals surface area (Å²) in [4.78, 5) is 58.4. The van der Waals surface area contributed by atoms with Gasteiger partial charge in [0.1, 0.15) is 11.4 Å². The molecule has 36 heavy (non-hydrogen) atoms. The van der Waals surface area contributed by atoms with Gasteiger partial charge in [0.2, 0.25) is 5.91 Å². The summed E-state index contributed by atoms with van der Waals surface area (Å²) in [6, 6.07) is 9.90. The number of anilines is 2. The minimum atomic E-state index is -0.802. The fraction of sp³-hybridized carbons (Fsp3) is 0.333. The minimum Gasteiger partial charge on any atom is -0.497 e. The summed E-state index contributed by atoms with van der Waals surface area (Å²) in [7, 11) is 1.37. The Morgan fingerprint density at radius 2 is 1.64 bits per heavy atom. The van der Waals surface area contributed by atoms with Gasteiger partial charge in [-0.3, -0.25) is 24.5 Å². The molecule has 192 valence electrons. The van der Waals surface area contributed by atoms with Gasteiger partial charge in [-0.2, -0.15) is 0 Å². The van der Waals surface area contributed by atoms with E-state index in [4.69, 9.17) is 14.2 Å². The molecule has 0 unspecified atom stereocenters. The Labute approximate surface area is 207 Å². The number of benzene rings is 2. The zero-order valence-corrected chi connectivity index (χ0v) is 20.1. The third-order valence-corrected chi connectivity index (χ3v) is 4.55. The highest BCUT2D eigenvalue weighted by Crippen LogP contribution is 2.28. The highest BCUT2D eigenvalue weighted by molar-refractivity contribution is 5.96. The predicted octanol–water partition coefficient (Wildman–Crippen LogP) is 3.32. The van der Waals surface area contributed by atoms with Crippen molar-refractivity contribution < 1.29 is 38.3 Å². The van der Waals surface area contributed by atoms with Gasteiger partial charge in [0.25, 0.3) is 11.6 Å². The number of nitro groups is 1.